The fourth-order valence-corrected chi connectivity index (χ4v) is 3.04. The number of nitrogens with two attached hydrogens (primary N) is 1. The van der Waals surface area contributed by atoms with Crippen molar-refractivity contribution in [2.45, 2.75) is 20.3 Å². The van der Waals surface area contributed by atoms with Crippen LogP contribution in [-0.2, 0) is 15.6 Å². The van der Waals surface area contributed by atoms with Crippen LogP contribution in [0.4, 0.5) is 0 Å². The van der Waals surface area contributed by atoms with E-state index in [0.29, 0.717) is 37.1 Å². The van der Waals surface area contributed by atoms with Crippen LogP contribution in [0, 0.1) is 11.8 Å². The average Bonchev–Trinajstić information content (AvgIpc) is 2.25. The molecule has 1 heterocycles. The minimum atomic E-state index is -0.728. The molecular weight excluding hydrogens is 224 g/mol. The highest BCUT2D eigenvalue weighted by Crippen LogP contribution is 2.15. The van der Waals surface area contributed by atoms with Crippen molar-refractivity contribution >= 4 is 16.7 Å². The third-order valence-corrected chi connectivity index (χ3v) is 4.15. The first-order valence-corrected chi connectivity index (χ1v) is 7.37. The standard InChI is InChI=1S/C11H22N2O2S/c1-9(2)7-10(8-12)11(14)13-3-5-16(15)6-4-13/h9-10H,3-8,12H2,1-2H3. The predicted molar refractivity (Wildman–Crippen MR) is 66.5 cm³/mol. The quantitative estimate of drug-likeness (QED) is 0.770. The highest BCUT2D eigenvalue weighted by molar-refractivity contribution is 7.85. The number of amides is 1. The predicted octanol–water partition coefficient (Wildman–Crippen LogP) is 0.198. The van der Waals surface area contributed by atoms with Gasteiger partial charge < -0.3 is 10.6 Å². The lowest BCUT2D eigenvalue weighted by Gasteiger charge is -2.30. The molecule has 0 saturated carbocycles. The summed E-state index contributed by atoms with van der Waals surface area (Å²) in [5, 5.41) is 0. The van der Waals surface area contributed by atoms with Gasteiger partial charge in [0.05, 0.1) is 5.92 Å². The normalized spacial score (nSPS) is 20.1. The Kier molecular flexibility index (Phi) is 5.41. The maximum absolute atomic E-state index is 12.1. The Labute approximate surface area is 100 Å². The molecule has 2 N–H and O–H groups in total. The molecule has 0 bridgehead atoms. The molecular formula is C11H22N2O2S. The molecule has 0 radical (unpaired) electrons. The summed E-state index contributed by atoms with van der Waals surface area (Å²) >= 11 is 0. The summed E-state index contributed by atoms with van der Waals surface area (Å²) < 4.78 is 11.2. The van der Waals surface area contributed by atoms with Crippen molar-refractivity contribution in [3.63, 3.8) is 0 Å². The minimum absolute atomic E-state index is 0.0634. The summed E-state index contributed by atoms with van der Waals surface area (Å²) in [5.41, 5.74) is 5.65. The van der Waals surface area contributed by atoms with Gasteiger partial charge in [0.2, 0.25) is 5.91 Å². The number of hydrogen-bond donors (Lipinski definition) is 1. The number of rotatable bonds is 4. The summed E-state index contributed by atoms with van der Waals surface area (Å²) in [6.45, 7) is 5.86. The molecule has 1 unspecified atom stereocenters. The van der Waals surface area contributed by atoms with Gasteiger partial charge in [0.1, 0.15) is 0 Å². The Hall–Kier alpha value is -0.420. The molecule has 1 saturated heterocycles. The van der Waals surface area contributed by atoms with E-state index in [9.17, 15) is 9.00 Å². The smallest absolute Gasteiger partial charge is 0.227 e. The van der Waals surface area contributed by atoms with Crippen LogP contribution in [-0.4, -0.2) is 46.2 Å². The van der Waals surface area contributed by atoms with Crippen LogP contribution >= 0.6 is 0 Å². The molecule has 4 nitrogen and oxygen atoms in total. The van der Waals surface area contributed by atoms with Gasteiger partial charge in [0, 0.05) is 41.9 Å². The Morgan fingerprint density at radius 2 is 1.94 bits per heavy atom. The zero-order valence-corrected chi connectivity index (χ0v) is 11.0. The second kappa shape index (κ2) is 6.35. The maximum atomic E-state index is 12.1. The fraction of sp³-hybridized carbons (Fsp3) is 0.909. The highest BCUT2D eigenvalue weighted by Gasteiger charge is 2.26. The third kappa shape index (κ3) is 3.87. The van der Waals surface area contributed by atoms with E-state index in [4.69, 9.17) is 5.73 Å². The maximum Gasteiger partial charge on any atom is 0.227 e. The second-order valence-corrected chi connectivity index (χ2v) is 6.43. The van der Waals surface area contributed by atoms with E-state index in [-0.39, 0.29) is 11.8 Å². The lowest BCUT2D eigenvalue weighted by Crippen LogP contribution is -2.46. The molecule has 1 aliphatic rings. The van der Waals surface area contributed by atoms with Crippen LogP contribution in [0.25, 0.3) is 0 Å². The molecule has 94 valence electrons. The van der Waals surface area contributed by atoms with Crippen LogP contribution in [0.3, 0.4) is 0 Å². The zero-order valence-electron chi connectivity index (χ0n) is 10.1. The number of nitrogens with zero attached hydrogens (tertiary/aromatic N) is 1. The van der Waals surface area contributed by atoms with E-state index in [0.717, 1.165) is 6.42 Å². The van der Waals surface area contributed by atoms with Gasteiger partial charge in [-0.25, -0.2) is 0 Å². The largest absolute Gasteiger partial charge is 0.341 e. The number of carbonyl (C=O) groups is 1. The summed E-state index contributed by atoms with van der Waals surface area (Å²) in [7, 11) is -0.728. The van der Waals surface area contributed by atoms with Crippen molar-refractivity contribution in [3.05, 3.63) is 0 Å². The van der Waals surface area contributed by atoms with Gasteiger partial charge in [-0.3, -0.25) is 9.00 Å². The Balaban J connectivity index is 2.51. The monoisotopic (exact) mass is 246 g/mol. The van der Waals surface area contributed by atoms with Gasteiger partial charge >= 0.3 is 0 Å². The van der Waals surface area contributed by atoms with Crippen molar-refractivity contribution in [1.29, 1.82) is 0 Å². The molecule has 0 aromatic heterocycles. The molecule has 0 aromatic carbocycles. The molecule has 1 amide bonds. The third-order valence-electron chi connectivity index (χ3n) is 2.88. The molecule has 1 rings (SSSR count). The summed E-state index contributed by atoms with van der Waals surface area (Å²) in [6, 6.07) is 0. The summed E-state index contributed by atoms with van der Waals surface area (Å²) in [4.78, 5) is 13.9. The summed E-state index contributed by atoms with van der Waals surface area (Å²) in [5.74, 6) is 1.80. The van der Waals surface area contributed by atoms with Gasteiger partial charge in [0.25, 0.3) is 0 Å². The van der Waals surface area contributed by atoms with Crippen LogP contribution in [0.15, 0.2) is 0 Å². The molecule has 0 aromatic rings. The van der Waals surface area contributed by atoms with Crippen molar-refractivity contribution in [1.82, 2.24) is 4.90 Å². The Morgan fingerprint density at radius 1 is 1.38 bits per heavy atom. The van der Waals surface area contributed by atoms with E-state index in [1.165, 1.54) is 0 Å². The van der Waals surface area contributed by atoms with Crippen LogP contribution in [0.5, 0.6) is 0 Å². The Morgan fingerprint density at radius 3 is 2.38 bits per heavy atom. The molecule has 0 spiro atoms. The van der Waals surface area contributed by atoms with E-state index < -0.39 is 10.8 Å². The van der Waals surface area contributed by atoms with Crippen molar-refractivity contribution in [2.24, 2.45) is 17.6 Å². The Bertz CT molecular complexity index is 259. The van der Waals surface area contributed by atoms with E-state index in [1.807, 2.05) is 4.90 Å². The van der Waals surface area contributed by atoms with Crippen LogP contribution in [0.1, 0.15) is 20.3 Å². The first-order valence-electron chi connectivity index (χ1n) is 5.88. The molecule has 0 aliphatic carbocycles. The lowest BCUT2D eigenvalue weighted by atomic mass is 9.96. The van der Waals surface area contributed by atoms with Crippen LogP contribution < -0.4 is 5.73 Å². The van der Waals surface area contributed by atoms with Crippen LogP contribution in [0.2, 0.25) is 0 Å². The van der Waals surface area contributed by atoms with Gasteiger partial charge in [-0.1, -0.05) is 13.8 Å². The topological polar surface area (TPSA) is 63.4 Å². The number of hydrogen-bond acceptors (Lipinski definition) is 3. The lowest BCUT2D eigenvalue weighted by molar-refractivity contribution is -0.135. The molecule has 1 fully saturated rings. The van der Waals surface area contributed by atoms with E-state index in [2.05, 4.69) is 13.8 Å². The summed E-state index contributed by atoms with van der Waals surface area (Å²) in [6.07, 6.45) is 0.842. The molecule has 5 heteroatoms. The zero-order chi connectivity index (χ0) is 12.1. The SMILES string of the molecule is CC(C)CC(CN)C(=O)N1CCS(=O)CC1. The first-order chi connectivity index (χ1) is 7.54. The van der Waals surface area contributed by atoms with Crippen molar-refractivity contribution in [2.75, 3.05) is 31.1 Å². The van der Waals surface area contributed by atoms with Crippen molar-refractivity contribution in [3.8, 4) is 0 Å². The second-order valence-electron chi connectivity index (χ2n) is 4.74. The molecule has 1 atom stereocenters. The molecule has 16 heavy (non-hydrogen) atoms. The van der Waals surface area contributed by atoms with Gasteiger partial charge in [-0.15, -0.1) is 0 Å². The van der Waals surface area contributed by atoms with Crippen molar-refractivity contribution < 1.29 is 9.00 Å². The van der Waals surface area contributed by atoms with Gasteiger partial charge in [-0.05, 0) is 12.3 Å². The van der Waals surface area contributed by atoms with Gasteiger partial charge in [-0.2, -0.15) is 0 Å². The highest BCUT2D eigenvalue weighted by atomic mass is 32.2. The average molecular weight is 246 g/mol. The number of carbonyl (C=O) groups excluding carboxylic acids is 1. The van der Waals surface area contributed by atoms with Gasteiger partial charge in [0.15, 0.2) is 0 Å². The van der Waals surface area contributed by atoms with E-state index >= 15 is 0 Å². The molecule has 1 aliphatic heterocycles. The minimum Gasteiger partial charge on any atom is -0.341 e. The van der Waals surface area contributed by atoms with E-state index in [1.54, 1.807) is 0 Å². The fourth-order valence-electron chi connectivity index (χ4n) is 1.98. The first kappa shape index (κ1) is 13.6.